The van der Waals surface area contributed by atoms with Crippen LogP contribution in [0, 0.1) is 0 Å². The Hall–Kier alpha value is -2.71. The highest BCUT2D eigenvalue weighted by Crippen LogP contribution is 2.44. The van der Waals surface area contributed by atoms with Crippen molar-refractivity contribution in [3.8, 4) is 5.75 Å². The summed E-state index contributed by atoms with van der Waals surface area (Å²) in [5, 5.41) is 15.6. The van der Waals surface area contributed by atoms with Crippen molar-refractivity contribution in [3.63, 3.8) is 0 Å². The summed E-state index contributed by atoms with van der Waals surface area (Å²) in [6.07, 6.45) is -3.90. The molecule has 1 aromatic heterocycles. The van der Waals surface area contributed by atoms with Crippen LogP contribution in [0.15, 0.2) is 30.5 Å². The van der Waals surface area contributed by atoms with Gasteiger partial charge in [0.1, 0.15) is 17.1 Å². The average Bonchev–Trinajstić information content (AvgIpc) is 2.97. The van der Waals surface area contributed by atoms with Gasteiger partial charge in [0.05, 0.1) is 19.3 Å². The number of benzene rings is 1. The van der Waals surface area contributed by atoms with Crippen molar-refractivity contribution < 1.29 is 27.8 Å². The van der Waals surface area contributed by atoms with Crippen molar-refractivity contribution in [3.05, 3.63) is 41.6 Å². The van der Waals surface area contributed by atoms with Gasteiger partial charge in [-0.15, -0.1) is 0 Å². The minimum atomic E-state index is -4.54. The van der Waals surface area contributed by atoms with Crippen LogP contribution in [0.1, 0.15) is 34.4 Å². The number of ether oxygens (including phenoxy) is 1. The maximum Gasteiger partial charge on any atom is 0.410 e. The Labute approximate surface area is 134 Å². The summed E-state index contributed by atoms with van der Waals surface area (Å²) in [5.74, 6) is -0.893. The number of methoxy groups -OCH3 is 1. The number of hydrogen-bond donors (Lipinski definition) is 2. The summed E-state index contributed by atoms with van der Waals surface area (Å²) >= 11 is 0. The number of aromatic nitrogens is 2. The lowest BCUT2D eigenvalue weighted by atomic mass is 9.96. The lowest BCUT2D eigenvalue weighted by Gasteiger charge is -2.33. The first kappa shape index (κ1) is 16.2. The highest BCUT2D eigenvalue weighted by molar-refractivity contribution is 5.93. The second kappa shape index (κ2) is 5.73. The second-order valence-corrected chi connectivity index (χ2v) is 5.42. The fourth-order valence-corrected chi connectivity index (χ4v) is 2.77. The minimum absolute atomic E-state index is 0.142. The lowest BCUT2D eigenvalue weighted by Crippen LogP contribution is -2.36. The van der Waals surface area contributed by atoms with E-state index in [1.165, 1.54) is 7.11 Å². The summed E-state index contributed by atoms with van der Waals surface area (Å²) in [7, 11) is 1.49. The molecule has 1 aromatic carbocycles. The number of carboxylic acids is 1. The number of alkyl halides is 3. The van der Waals surface area contributed by atoms with E-state index in [9.17, 15) is 18.0 Å². The predicted molar refractivity (Wildman–Crippen MR) is 78.3 cm³/mol. The molecule has 0 unspecified atom stereocenters. The molecule has 0 saturated heterocycles. The molecular formula is C15H14F3N3O3. The van der Waals surface area contributed by atoms with Crippen LogP contribution in [-0.2, 0) is 0 Å². The van der Waals surface area contributed by atoms with Crippen molar-refractivity contribution in [1.29, 1.82) is 0 Å². The number of hydrogen-bond acceptors (Lipinski definition) is 4. The topological polar surface area (TPSA) is 76.4 Å². The normalized spacial score (nSPS) is 20.2. The Kier molecular flexibility index (Phi) is 3.86. The van der Waals surface area contributed by atoms with Gasteiger partial charge >= 0.3 is 12.1 Å². The molecule has 1 aliphatic heterocycles. The van der Waals surface area contributed by atoms with Crippen molar-refractivity contribution in [2.75, 3.05) is 12.4 Å². The standard InChI is InChI=1S/C15H14F3N3O3/c1-24-9-4-2-8(3-5-9)11-6-12(15(16,17)18)21-13(20-11)10(7-19-21)14(22)23/h2-5,7,11-12,20H,6H2,1H3,(H,22,23)/t11-,12+/m1/s1. The SMILES string of the molecule is COc1ccc([C@H]2C[C@@H](C(F)(F)F)n3ncc(C(=O)O)c3N2)cc1. The van der Waals surface area contributed by atoms with Crippen LogP contribution in [0.5, 0.6) is 5.75 Å². The number of nitrogens with one attached hydrogen (secondary N) is 1. The van der Waals surface area contributed by atoms with Gasteiger partial charge in [-0.25, -0.2) is 9.48 Å². The van der Waals surface area contributed by atoms with Gasteiger partial charge in [0.15, 0.2) is 6.04 Å². The van der Waals surface area contributed by atoms with Crippen LogP contribution in [0.2, 0.25) is 0 Å². The van der Waals surface area contributed by atoms with Crippen LogP contribution >= 0.6 is 0 Å². The van der Waals surface area contributed by atoms with E-state index >= 15 is 0 Å². The zero-order valence-corrected chi connectivity index (χ0v) is 12.5. The number of rotatable bonds is 3. The Morgan fingerprint density at radius 3 is 2.58 bits per heavy atom. The zero-order chi connectivity index (χ0) is 17.5. The van der Waals surface area contributed by atoms with Gasteiger partial charge in [-0.05, 0) is 17.7 Å². The fourth-order valence-electron chi connectivity index (χ4n) is 2.77. The summed E-state index contributed by atoms with van der Waals surface area (Å²) in [5.41, 5.74) is 0.316. The summed E-state index contributed by atoms with van der Waals surface area (Å²) in [4.78, 5) is 11.2. The Balaban J connectivity index is 2.02. The van der Waals surface area contributed by atoms with Crippen LogP contribution < -0.4 is 10.1 Å². The average molecular weight is 341 g/mol. The molecule has 0 fully saturated rings. The number of carboxylic acid groups (broad SMARTS) is 1. The van der Waals surface area contributed by atoms with Gasteiger partial charge in [-0.2, -0.15) is 18.3 Å². The van der Waals surface area contributed by atoms with Crippen molar-refractivity contribution in [2.24, 2.45) is 0 Å². The zero-order valence-electron chi connectivity index (χ0n) is 12.5. The number of aromatic carboxylic acids is 1. The lowest BCUT2D eigenvalue weighted by molar-refractivity contribution is -0.173. The molecule has 9 heteroatoms. The van der Waals surface area contributed by atoms with E-state index in [0.717, 1.165) is 6.20 Å². The third-order valence-electron chi connectivity index (χ3n) is 3.99. The monoisotopic (exact) mass is 341 g/mol. The van der Waals surface area contributed by atoms with Gasteiger partial charge in [-0.3, -0.25) is 0 Å². The molecule has 2 aromatic rings. The highest BCUT2D eigenvalue weighted by Gasteiger charge is 2.47. The first-order valence-corrected chi connectivity index (χ1v) is 7.09. The first-order valence-electron chi connectivity index (χ1n) is 7.09. The smallest absolute Gasteiger partial charge is 0.410 e. The maximum atomic E-state index is 13.4. The summed E-state index contributed by atoms with van der Waals surface area (Å²) in [6, 6.07) is 4.00. The molecule has 2 atom stereocenters. The van der Waals surface area contributed by atoms with E-state index in [-0.39, 0.29) is 17.8 Å². The molecule has 0 bridgehead atoms. The van der Waals surface area contributed by atoms with Crippen molar-refractivity contribution in [1.82, 2.24) is 9.78 Å². The third-order valence-corrected chi connectivity index (χ3v) is 3.99. The fraction of sp³-hybridized carbons (Fsp3) is 0.333. The maximum absolute atomic E-state index is 13.4. The van der Waals surface area contributed by atoms with Gasteiger partial charge < -0.3 is 15.2 Å². The quantitative estimate of drug-likeness (QED) is 0.896. The highest BCUT2D eigenvalue weighted by atomic mass is 19.4. The molecular weight excluding hydrogens is 327 g/mol. The largest absolute Gasteiger partial charge is 0.497 e. The van der Waals surface area contributed by atoms with Gasteiger partial charge in [0.25, 0.3) is 0 Å². The molecule has 128 valence electrons. The predicted octanol–water partition coefficient (Wildman–Crippen LogP) is 3.25. The Bertz CT molecular complexity index is 756. The van der Waals surface area contributed by atoms with Crippen LogP contribution in [0.4, 0.5) is 19.0 Å². The van der Waals surface area contributed by atoms with Crippen LogP contribution in [0.3, 0.4) is 0 Å². The molecule has 0 radical (unpaired) electrons. The van der Waals surface area contributed by atoms with Crippen molar-refractivity contribution >= 4 is 11.8 Å². The van der Waals surface area contributed by atoms with Crippen LogP contribution in [0.25, 0.3) is 0 Å². The number of anilines is 1. The van der Waals surface area contributed by atoms with Gasteiger partial charge in [0.2, 0.25) is 0 Å². The second-order valence-electron chi connectivity index (χ2n) is 5.42. The minimum Gasteiger partial charge on any atom is -0.497 e. The van der Waals surface area contributed by atoms with Crippen LogP contribution in [-0.4, -0.2) is 34.1 Å². The summed E-state index contributed by atoms with van der Waals surface area (Å²) in [6.45, 7) is 0. The Morgan fingerprint density at radius 1 is 1.38 bits per heavy atom. The molecule has 0 spiro atoms. The Morgan fingerprint density at radius 2 is 2.04 bits per heavy atom. The molecule has 0 saturated carbocycles. The van der Waals surface area contributed by atoms with E-state index in [2.05, 4.69) is 10.4 Å². The van der Waals surface area contributed by atoms with E-state index < -0.39 is 24.2 Å². The van der Waals surface area contributed by atoms with Gasteiger partial charge in [0, 0.05) is 6.42 Å². The molecule has 1 aliphatic rings. The third kappa shape index (κ3) is 2.77. The molecule has 0 amide bonds. The first-order chi connectivity index (χ1) is 11.3. The van der Waals surface area contributed by atoms with Crippen molar-refractivity contribution in [2.45, 2.75) is 24.7 Å². The molecule has 2 heterocycles. The molecule has 24 heavy (non-hydrogen) atoms. The van der Waals surface area contributed by atoms with E-state index in [1.54, 1.807) is 24.3 Å². The molecule has 6 nitrogen and oxygen atoms in total. The van der Waals surface area contributed by atoms with E-state index in [1.807, 2.05) is 0 Å². The number of nitrogens with zero attached hydrogens (tertiary/aromatic N) is 2. The summed E-state index contributed by atoms with van der Waals surface area (Å²) < 4.78 is 45.9. The van der Waals surface area contributed by atoms with E-state index in [4.69, 9.17) is 9.84 Å². The number of carbonyl (C=O) groups is 1. The van der Waals surface area contributed by atoms with Gasteiger partial charge in [-0.1, -0.05) is 12.1 Å². The molecule has 3 rings (SSSR count). The number of fused-ring (bicyclic) bond motifs is 1. The molecule has 2 N–H and O–H groups in total. The number of halogens is 3. The molecule has 0 aliphatic carbocycles. The van der Waals surface area contributed by atoms with E-state index in [0.29, 0.717) is 16.0 Å².